The summed E-state index contributed by atoms with van der Waals surface area (Å²) < 4.78 is 20.2. The summed E-state index contributed by atoms with van der Waals surface area (Å²) in [7, 11) is 0. The molecule has 204 valence electrons. The van der Waals surface area contributed by atoms with Crippen LogP contribution in [-0.2, 0) is 11.2 Å². The maximum Gasteiger partial charge on any atom is 0.255 e. The predicted molar refractivity (Wildman–Crippen MR) is 148 cm³/mol. The van der Waals surface area contributed by atoms with Crippen LogP contribution in [0.4, 0.5) is 4.39 Å². The summed E-state index contributed by atoms with van der Waals surface area (Å²) in [5.74, 6) is -1.24. The summed E-state index contributed by atoms with van der Waals surface area (Å²) in [6.45, 7) is 2.13. The first-order valence-electron chi connectivity index (χ1n) is 12.9. The second kappa shape index (κ2) is 13.2. The van der Waals surface area contributed by atoms with Crippen LogP contribution >= 0.6 is 11.6 Å². The van der Waals surface area contributed by atoms with Crippen LogP contribution in [0.3, 0.4) is 0 Å². The van der Waals surface area contributed by atoms with Gasteiger partial charge in [-0.25, -0.2) is 4.39 Å². The number of carbonyl (C=O) groups excluding carboxylic acids is 3. The number of benzene rings is 3. The summed E-state index contributed by atoms with van der Waals surface area (Å²) in [6.07, 6.45) is 1.56. The molecule has 0 saturated heterocycles. The summed E-state index contributed by atoms with van der Waals surface area (Å²) >= 11 is 6.15. The molecule has 7 nitrogen and oxygen atoms in total. The quantitative estimate of drug-likeness (QED) is 0.499. The van der Waals surface area contributed by atoms with Crippen molar-refractivity contribution in [1.82, 2.24) is 15.5 Å². The molecule has 0 aliphatic carbocycles. The lowest BCUT2D eigenvalue weighted by Gasteiger charge is -2.25. The predicted octanol–water partition coefficient (Wildman–Crippen LogP) is 4.56. The fourth-order valence-electron chi connectivity index (χ4n) is 4.38. The van der Waals surface area contributed by atoms with Gasteiger partial charge in [-0.2, -0.15) is 0 Å². The van der Waals surface area contributed by atoms with Crippen molar-refractivity contribution in [1.29, 1.82) is 0 Å². The Hall–Kier alpha value is -3.91. The number of nitrogens with one attached hydrogen (secondary N) is 2. The fourth-order valence-corrected chi connectivity index (χ4v) is 4.55. The van der Waals surface area contributed by atoms with Gasteiger partial charge in [0.25, 0.3) is 11.8 Å². The number of carbonyl (C=O) groups is 3. The lowest BCUT2D eigenvalue weighted by molar-refractivity contribution is -0.122. The molecule has 3 amide bonds. The third-order valence-corrected chi connectivity index (χ3v) is 6.73. The first-order valence-corrected chi connectivity index (χ1v) is 13.3. The van der Waals surface area contributed by atoms with Gasteiger partial charge in [-0.15, -0.1) is 0 Å². The van der Waals surface area contributed by atoms with Crippen LogP contribution in [0.1, 0.15) is 44.7 Å². The molecule has 1 heterocycles. The van der Waals surface area contributed by atoms with Gasteiger partial charge < -0.3 is 20.3 Å². The lowest BCUT2D eigenvalue weighted by atomic mass is 10.1. The number of nitrogens with zero attached hydrogens (tertiary/aromatic N) is 1. The molecule has 2 N–H and O–H groups in total. The van der Waals surface area contributed by atoms with Crippen LogP contribution in [-0.4, -0.2) is 54.9 Å². The Morgan fingerprint density at radius 1 is 1.08 bits per heavy atom. The van der Waals surface area contributed by atoms with E-state index in [1.54, 1.807) is 37.3 Å². The topological polar surface area (TPSA) is 87.7 Å². The van der Waals surface area contributed by atoms with Crippen molar-refractivity contribution in [2.75, 3.05) is 26.2 Å². The average Bonchev–Trinajstić information content (AvgIpc) is 2.92. The Labute approximate surface area is 232 Å². The molecule has 0 aromatic heterocycles. The molecule has 39 heavy (non-hydrogen) atoms. The molecule has 0 bridgehead atoms. The van der Waals surface area contributed by atoms with Gasteiger partial charge in [-0.1, -0.05) is 48.0 Å². The van der Waals surface area contributed by atoms with Crippen LogP contribution in [0, 0.1) is 12.7 Å². The van der Waals surface area contributed by atoms with Crippen LogP contribution in [0.25, 0.3) is 0 Å². The highest BCUT2D eigenvalue weighted by Gasteiger charge is 2.23. The highest BCUT2D eigenvalue weighted by molar-refractivity contribution is 6.31. The Morgan fingerprint density at radius 3 is 2.64 bits per heavy atom. The Morgan fingerprint density at radius 2 is 1.87 bits per heavy atom. The molecule has 3 aromatic rings. The van der Waals surface area contributed by atoms with E-state index in [0.29, 0.717) is 47.7 Å². The standard InChI is InChI=1S/C30H31ClFN3O4/c1-20-9-10-22(16-26(20)32)30(38)35-14-6-5-13-33-29(37)25-17-23(31)11-12-27(25)39-19-24(34-28(36)18-35)15-21-7-3-2-4-8-21/h2-4,7-12,16-17,24H,5-6,13-15,18-19H2,1H3,(H,33,37)(H,34,36)/t24-/m1/s1. The van der Waals surface area contributed by atoms with Gasteiger partial charge in [0.05, 0.1) is 18.2 Å². The zero-order chi connectivity index (χ0) is 27.8. The van der Waals surface area contributed by atoms with Crippen molar-refractivity contribution >= 4 is 29.3 Å². The monoisotopic (exact) mass is 551 g/mol. The van der Waals surface area contributed by atoms with Gasteiger partial charge in [-0.05, 0) is 67.6 Å². The number of fused-ring (bicyclic) bond motifs is 1. The van der Waals surface area contributed by atoms with Crippen molar-refractivity contribution in [3.05, 3.63) is 99.8 Å². The highest BCUT2D eigenvalue weighted by atomic mass is 35.5. The summed E-state index contributed by atoms with van der Waals surface area (Å²) in [4.78, 5) is 40.8. The van der Waals surface area contributed by atoms with Gasteiger partial charge in [0.15, 0.2) is 0 Å². The van der Waals surface area contributed by atoms with Crippen molar-refractivity contribution in [2.24, 2.45) is 0 Å². The average molecular weight is 552 g/mol. The molecule has 0 fully saturated rings. The zero-order valence-electron chi connectivity index (χ0n) is 21.7. The first-order chi connectivity index (χ1) is 18.8. The number of hydrogen-bond donors (Lipinski definition) is 2. The fraction of sp³-hybridized carbons (Fsp3) is 0.300. The van der Waals surface area contributed by atoms with E-state index >= 15 is 0 Å². The third-order valence-electron chi connectivity index (χ3n) is 6.50. The van der Waals surface area contributed by atoms with E-state index in [9.17, 15) is 18.8 Å². The van der Waals surface area contributed by atoms with E-state index in [4.69, 9.17) is 16.3 Å². The molecule has 1 atom stereocenters. The maximum absolute atomic E-state index is 14.2. The SMILES string of the molecule is Cc1ccc(C(=O)N2CCCCNC(=O)c3cc(Cl)ccc3OC[C@@H](Cc3ccccc3)NC(=O)C2)cc1F. The van der Waals surface area contributed by atoms with E-state index in [0.717, 1.165) is 5.56 Å². The number of hydrogen-bond acceptors (Lipinski definition) is 4. The van der Waals surface area contributed by atoms with Gasteiger partial charge >= 0.3 is 0 Å². The summed E-state index contributed by atoms with van der Waals surface area (Å²) in [5, 5.41) is 6.26. The minimum Gasteiger partial charge on any atom is -0.491 e. The zero-order valence-corrected chi connectivity index (χ0v) is 22.5. The van der Waals surface area contributed by atoms with Crippen molar-refractivity contribution in [2.45, 2.75) is 32.2 Å². The van der Waals surface area contributed by atoms with Crippen molar-refractivity contribution in [3.8, 4) is 5.75 Å². The molecule has 0 saturated carbocycles. The van der Waals surface area contributed by atoms with Crippen LogP contribution in [0.2, 0.25) is 5.02 Å². The lowest BCUT2D eigenvalue weighted by Crippen LogP contribution is -2.47. The van der Waals surface area contributed by atoms with E-state index in [2.05, 4.69) is 10.6 Å². The molecular weight excluding hydrogens is 521 g/mol. The molecule has 0 radical (unpaired) electrons. The normalized spacial score (nSPS) is 17.1. The smallest absolute Gasteiger partial charge is 0.255 e. The molecule has 0 unspecified atom stereocenters. The van der Waals surface area contributed by atoms with Crippen LogP contribution in [0.15, 0.2) is 66.7 Å². The summed E-state index contributed by atoms with van der Waals surface area (Å²) in [5.41, 5.74) is 1.90. The minimum atomic E-state index is -0.480. The molecule has 0 spiro atoms. The second-order valence-corrected chi connectivity index (χ2v) is 10.00. The van der Waals surface area contributed by atoms with Gasteiger partial charge in [0.2, 0.25) is 5.91 Å². The Kier molecular flexibility index (Phi) is 9.54. The minimum absolute atomic E-state index is 0.0830. The van der Waals surface area contributed by atoms with Gasteiger partial charge in [0, 0.05) is 23.7 Å². The number of rotatable bonds is 3. The van der Waals surface area contributed by atoms with Gasteiger partial charge in [0.1, 0.15) is 18.2 Å². The molecule has 4 rings (SSSR count). The third kappa shape index (κ3) is 7.80. The van der Waals surface area contributed by atoms with Crippen LogP contribution in [0.5, 0.6) is 5.75 Å². The number of halogens is 2. The molecule has 9 heteroatoms. The largest absolute Gasteiger partial charge is 0.491 e. The Balaban J connectivity index is 1.59. The van der Waals surface area contributed by atoms with Gasteiger partial charge in [-0.3, -0.25) is 14.4 Å². The Bertz CT molecular complexity index is 1340. The molecule has 1 aliphatic rings. The first kappa shape index (κ1) is 28.1. The number of amides is 3. The molecule has 3 aromatic carbocycles. The summed E-state index contributed by atoms with van der Waals surface area (Å²) in [6, 6.07) is 18.3. The molecule has 1 aliphatic heterocycles. The second-order valence-electron chi connectivity index (χ2n) is 9.56. The van der Waals surface area contributed by atoms with E-state index in [1.807, 2.05) is 30.3 Å². The maximum atomic E-state index is 14.2. The van der Waals surface area contributed by atoms with E-state index in [-0.39, 0.29) is 37.1 Å². The number of aryl methyl sites for hydroxylation is 1. The van der Waals surface area contributed by atoms with Crippen molar-refractivity contribution < 1.29 is 23.5 Å². The van der Waals surface area contributed by atoms with Crippen LogP contribution < -0.4 is 15.4 Å². The number of ether oxygens (including phenoxy) is 1. The molecular formula is C30H31ClFN3O4. The van der Waals surface area contributed by atoms with Crippen molar-refractivity contribution in [3.63, 3.8) is 0 Å². The van der Waals surface area contributed by atoms with E-state index in [1.165, 1.54) is 11.0 Å². The van der Waals surface area contributed by atoms with E-state index < -0.39 is 17.8 Å². The highest BCUT2D eigenvalue weighted by Crippen LogP contribution is 2.24.